The molecule has 0 spiro atoms. The van der Waals surface area contributed by atoms with Crippen LogP contribution < -0.4 is 5.73 Å². The molecular weight excluding hydrogens is 180 g/mol. The van der Waals surface area contributed by atoms with E-state index in [9.17, 15) is 4.79 Å². The first-order valence-electron chi connectivity index (χ1n) is 4.36. The molecule has 3 N–H and O–H groups in total. The van der Waals surface area contributed by atoms with Gasteiger partial charge in [0.15, 0.2) is 0 Å². The lowest BCUT2D eigenvalue weighted by molar-refractivity contribution is -0.140. The smallest absolute Gasteiger partial charge is 0.321 e. The van der Waals surface area contributed by atoms with Crippen LogP contribution in [0, 0.1) is 0 Å². The third-order valence-corrected chi connectivity index (χ3v) is 2.37. The lowest BCUT2D eigenvalue weighted by Gasteiger charge is -2.27. The minimum atomic E-state index is -1.01. The molecule has 1 rings (SSSR count). The molecule has 0 aliphatic carbocycles. The average Bonchev–Trinajstić information content (AvgIpc) is 2.18. The summed E-state index contributed by atoms with van der Waals surface area (Å²) < 4.78 is 0. The fourth-order valence-corrected chi connectivity index (χ4v) is 1.21. The summed E-state index contributed by atoms with van der Waals surface area (Å²) in [6, 6.07) is 4.44. The first-order chi connectivity index (χ1) is 6.46. The zero-order valence-electron chi connectivity index (χ0n) is 8.27. The summed E-state index contributed by atoms with van der Waals surface area (Å²) in [4.78, 5) is 14.9. The van der Waals surface area contributed by atoms with Crippen LogP contribution in [0.2, 0.25) is 0 Å². The Morgan fingerprint density at radius 2 is 2.21 bits per heavy atom. The van der Waals surface area contributed by atoms with Crippen molar-refractivity contribution >= 4 is 5.97 Å². The molecule has 1 heterocycles. The molecule has 4 nitrogen and oxygen atoms in total. The number of carboxylic acids is 1. The summed E-state index contributed by atoms with van der Waals surface area (Å²) in [6.45, 7) is 3.54. The molecular formula is C10H14N2O2. The van der Waals surface area contributed by atoms with Gasteiger partial charge in [-0.3, -0.25) is 9.78 Å². The van der Waals surface area contributed by atoms with Crippen LogP contribution >= 0.6 is 0 Å². The third-order valence-electron chi connectivity index (χ3n) is 2.37. The Morgan fingerprint density at radius 1 is 1.57 bits per heavy atom. The molecule has 76 valence electrons. The van der Waals surface area contributed by atoms with Gasteiger partial charge in [0.05, 0.1) is 0 Å². The van der Waals surface area contributed by atoms with Crippen LogP contribution in [0.1, 0.15) is 19.5 Å². The fraction of sp³-hybridized carbons (Fsp3) is 0.400. The van der Waals surface area contributed by atoms with Crippen LogP contribution in [0.3, 0.4) is 0 Å². The predicted molar refractivity (Wildman–Crippen MR) is 52.9 cm³/mol. The van der Waals surface area contributed by atoms with Gasteiger partial charge in [-0.15, -0.1) is 0 Å². The summed E-state index contributed by atoms with van der Waals surface area (Å²) in [5, 5.41) is 8.83. The van der Waals surface area contributed by atoms with Crippen molar-refractivity contribution in [2.75, 3.05) is 0 Å². The summed E-state index contributed by atoms with van der Waals surface area (Å²) in [5.74, 6) is -1.01. The molecule has 0 fully saturated rings. The van der Waals surface area contributed by atoms with Crippen LogP contribution in [0.4, 0.5) is 0 Å². The Kier molecular flexibility index (Phi) is 2.86. The third kappa shape index (κ3) is 1.90. The van der Waals surface area contributed by atoms with Crippen molar-refractivity contribution in [2.45, 2.75) is 25.3 Å². The second kappa shape index (κ2) is 3.75. The normalized spacial score (nSPS) is 13.6. The minimum Gasteiger partial charge on any atom is -0.480 e. The topological polar surface area (TPSA) is 76.2 Å². The van der Waals surface area contributed by atoms with Crippen LogP contribution in [-0.4, -0.2) is 22.1 Å². The Balaban J connectivity index is 3.02. The molecule has 1 unspecified atom stereocenters. The Hall–Kier alpha value is -1.42. The standard InChI is InChI=1S/C10H14N2O2/c1-10(2,8(11)9(13)14)7-5-3-4-6-12-7/h3-6,8H,11H2,1-2H3,(H,13,14). The van der Waals surface area contributed by atoms with E-state index < -0.39 is 17.4 Å². The number of rotatable bonds is 3. The van der Waals surface area contributed by atoms with Gasteiger partial charge in [0.1, 0.15) is 6.04 Å². The van der Waals surface area contributed by atoms with Gasteiger partial charge in [0.2, 0.25) is 0 Å². The number of carboxylic acid groups (broad SMARTS) is 1. The largest absolute Gasteiger partial charge is 0.480 e. The zero-order valence-corrected chi connectivity index (χ0v) is 8.27. The molecule has 4 heteroatoms. The first-order valence-corrected chi connectivity index (χ1v) is 4.36. The lowest BCUT2D eigenvalue weighted by atomic mass is 9.81. The molecule has 1 aromatic rings. The van der Waals surface area contributed by atoms with E-state index in [2.05, 4.69) is 4.98 Å². The highest BCUT2D eigenvalue weighted by atomic mass is 16.4. The van der Waals surface area contributed by atoms with E-state index in [0.717, 1.165) is 0 Å². The predicted octanol–water partition coefficient (Wildman–Crippen LogP) is 0.771. The van der Waals surface area contributed by atoms with Crippen LogP contribution in [0.25, 0.3) is 0 Å². The maximum absolute atomic E-state index is 10.8. The minimum absolute atomic E-state index is 0.660. The van der Waals surface area contributed by atoms with Crippen molar-refractivity contribution in [2.24, 2.45) is 5.73 Å². The monoisotopic (exact) mass is 194 g/mol. The van der Waals surface area contributed by atoms with Crippen molar-refractivity contribution in [3.63, 3.8) is 0 Å². The van der Waals surface area contributed by atoms with Crippen molar-refractivity contribution in [1.82, 2.24) is 4.98 Å². The van der Waals surface area contributed by atoms with E-state index in [4.69, 9.17) is 10.8 Å². The molecule has 0 bridgehead atoms. The van der Waals surface area contributed by atoms with Crippen LogP contribution in [-0.2, 0) is 10.2 Å². The van der Waals surface area contributed by atoms with Gasteiger partial charge >= 0.3 is 5.97 Å². The Morgan fingerprint density at radius 3 is 2.64 bits per heavy atom. The van der Waals surface area contributed by atoms with Crippen molar-refractivity contribution in [1.29, 1.82) is 0 Å². The van der Waals surface area contributed by atoms with Gasteiger partial charge in [-0.05, 0) is 12.1 Å². The van der Waals surface area contributed by atoms with Gasteiger partial charge in [-0.2, -0.15) is 0 Å². The van der Waals surface area contributed by atoms with Gasteiger partial charge in [0, 0.05) is 17.3 Å². The van der Waals surface area contributed by atoms with E-state index >= 15 is 0 Å². The van der Waals surface area contributed by atoms with Crippen molar-refractivity contribution < 1.29 is 9.90 Å². The highest BCUT2D eigenvalue weighted by molar-refractivity contribution is 5.75. The Bertz CT molecular complexity index is 322. The quantitative estimate of drug-likeness (QED) is 0.745. The number of pyridine rings is 1. The number of aliphatic carboxylic acids is 1. The average molecular weight is 194 g/mol. The highest BCUT2D eigenvalue weighted by Gasteiger charge is 2.34. The second-order valence-electron chi connectivity index (χ2n) is 3.75. The molecule has 0 saturated carbocycles. The van der Waals surface area contributed by atoms with Gasteiger partial charge in [-0.25, -0.2) is 0 Å². The highest BCUT2D eigenvalue weighted by Crippen LogP contribution is 2.23. The van der Waals surface area contributed by atoms with Crippen molar-refractivity contribution in [3.05, 3.63) is 30.1 Å². The first kappa shape index (κ1) is 10.7. The number of hydrogen-bond acceptors (Lipinski definition) is 3. The molecule has 0 saturated heterocycles. The number of carbonyl (C=O) groups is 1. The number of hydrogen-bond donors (Lipinski definition) is 2. The maximum atomic E-state index is 10.8. The van der Waals surface area contributed by atoms with E-state index in [1.54, 1.807) is 32.2 Å². The van der Waals surface area contributed by atoms with Gasteiger partial charge < -0.3 is 10.8 Å². The van der Waals surface area contributed by atoms with Crippen LogP contribution in [0.15, 0.2) is 24.4 Å². The maximum Gasteiger partial charge on any atom is 0.321 e. The fourth-order valence-electron chi connectivity index (χ4n) is 1.21. The molecule has 0 amide bonds. The number of aromatic nitrogens is 1. The molecule has 0 aromatic carbocycles. The van der Waals surface area contributed by atoms with E-state index in [0.29, 0.717) is 5.69 Å². The van der Waals surface area contributed by atoms with E-state index in [1.165, 1.54) is 0 Å². The summed E-state index contributed by atoms with van der Waals surface area (Å²) in [5.41, 5.74) is 5.62. The molecule has 0 aliphatic rings. The van der Waals surface area contributed by atoms with E-state index in [1.807, 2.05) is 6.07 Å². The summed E-state index contributed by atoms with van der Waals surface area (Å²) in [7, 11) is 0. The lowest BCUT2D eigenvalue weighted by Crippen LogP contribution is -2.47. The summed E-state index contributed by atoms with van der Waals surface area (Å²) in [6.07, 6.45) is 1.63. The van der Waals surface area contributed by atoms with Gasteiger partial charge in [-0.1, -0.05) is 19.9 Å². The molecule has 1 aromatic heterocycles. The number of nitrogens with zero attached hydrogens (tertiary/aromatic N) is 1. The number of nitrogens with two attached hydrogens (primary N) is 1. The molecule has 1 atom stereocenters. The van der Waals surface area contributed by atoms with Crippen molar-refractivity contribution in [3.8, 4) is 0 Å². The molecule has 0 radical (unpaired) electrons. The zero-order chi connectivity index (χ0) is 10.8. The SMILES string of the molecule is CC(C)(c1ccccn1)C(N)C(=O)O. The van der Waals surface area contributed by atoms with Gasteiger partial charge in [0.25, 0.3) is 0 Å². The Labute approximate surface area is 82.8 Å². The van der Waals surface area contributed by atoms with Crippen LogP contribution in [0.5, 0.6) is 0 Å². The molecule has 14 heavy (non-hydrogen) atoms. The molecule has 0 aliphatic heterocycles. The summed E-state index contributed by atoms with van der Waals surface area (Å²) >= 11 is 0. The van der Waals surface area contributed by atoms with E-state index in [-0.39, 0.29) is 0 Å². The second-order valence-corrected chi connectivity index (χ2v) is 3.75.